The summed E-state index contributed by atoms with van der Waals surface area (Å²) in [4.78, 5) is 2.46. The quantitative estimate of drug-likeness (QED) is 0.863. The molecule has 2 rings (SSSR count). The van der Waals surface area contributed by atoms with E-state index in [1.807, 2.05) is 26.1 Å². The van der Waals surface area contributed by atoms with Gasteiger partial charge in [-0.15, -0.1) is 0 Å². The van der Waals surface area contributed by atoms with Crippen molar-refractivity contribution in [2.45, 2.75) is 26.0 Å². The molecule has 0 saturated carbocycles. The van der Waals surface area contributed by atoms with E-state index in [1.165, 1.54) is 5.56 Å². The van der Waals surface area contributed by atoms with Crippen LogP contribution in [0.4, 0.5) is 0 Å². The Bertz CT molecular complexity index is 411. The van der Waals surface area contributed by atoms with E-state index in [0.29, 0.717) is 12.7 Å². The number of likely N-dealkylation sites (N-methyl/N-ethyl adjacent to an activating group) is 1. The molecule has 0 aliphatic carbocycles. The minimum atomic E-state index is 0.281. The van der Waals surface area contributed by atoms with Crippen LogP contribution < -0.4 is 10.1 Å². The van der Waals surface area contributed by atoms with Gasteiger partial charge in [-0.25, -0.2) is 0 Å². The third-order valence-electron chi connectivity index (χ3n) is 3.71. The molecule has 112 valence electrons. The summed E-state index contributed by atoms with van der Waals surface area (Å²) in [5.74, 6) is 0.982. The van der Waals surface area contributed by atoms with Gasteiger partial charge in [0.05, 0.1) is 19.3 Å². The third kappa shape index (κ3) is 3.95. The molecule has 2 atom stereocenters. The smallest absolute Gasteiger partial charge is 0.124 e. The van der Waals surface area contributed by atoms with Crippen LogP contribution in [-0.2, 0) is 4.74 Å². The summed E-state index contributed by atoms with van der Waals surface area (Å²) in [7, 11) is 2.01. The second-order valence-corrected chi connectivity index (χ2v) is 5.25. The van der Waals surface area contributed by atoms with Crippen LogP contribution in [0, 0.1) is 0 Å². The van der Waals surface area contributed by atoms with Gasteiger partial charge in [0.2, 0.25) is 0 Å². The van der Waals surface area contributed by atoms with E-state index in [-0.39, 0.29) is 6.04 Å². The Hall–Kier alpha value is -1.10. The molecule has 4 nitrogen and oxygen atoms in total. The number of nitrogens with one attached hydrogen (secondary N) is 1. The maximum Gasteiger partial charge on any atom is 0.124 e. The maximum atomic E-state index is 5.75. The molecule has 0 bridgehead atoms. The van der Waals surface area contributed by atoms with Gasteiger partial charge in [-0.2, -0.15) is 0 Å². The van der Waals surface area contributed by atoms with Gasteiger partial charge in [0.1, 0.15) is 5.75 Å². The Kier molecular flexibility index (Phi) is 5.83. The predicted octanol–water partition coefficient (Wildman–Crippen LogP) is 2.07. The van der Waals surface area contributed by atoms with Crippen LogP contribution in [0.1, 0.15) is 25.5 Å². The molecule has 1 saturated heterocycles. The zero-order chi connectivity index (χ0) is 14.4. The van der Waals surface area contributed by atoms with Crippen molar-refractivity contribution in [3.8, 4) is 5.75 Å². The standard InChI is InChI=1S/C16H26N2O2/c1-4-19-16-8-6-5-7-14(16)15(17-3)12-18-9-10-20-13(2)11-18/h5-8,13,15,17H,4,9-12H2,1-3H3. The Labute approximate surface area is 122 Å². The SMILES string of the molecule is CCOc1ccccc1C(CN1CCOC(C)C1)NC. The summed E-state index contributed by atoms with van der Waals surface area (Å²) in [5.41, 5.74) is 1.23. The maximum absolute atomic E-state index is 5.75. The third-order valence-corrected chi connectivity index (χ3v) is 3.71. The molecule has 20 heavy (non-hydrogen) atoms. The zero-order valence-corrected chi connectivity index (χ0v) is 12.8. The monoisotopic (exact) mass is 278 g/mol. The van der Waals surface area contributed by atoms with Crippen molar-refractivity contribution in [2.75, 3.05) is 39.9 Å². The first kappa shape index (κ1) is 15.3. The lowest BCUT2D eigenvalue weighted by molar-refractivity contribution is -0.0209. The summed E-state index contributed by atoms with van der Waals surface area (Å²) in [6, 6.07) is 8.58. The number of hydrogen-bond acceptors (Lipinski definition) is 4. The molecule has 0 spiro atoms. The van der Waals surface area contributed by atoms with Crippen LogP contribution in [-0.4, -0.2) is 50.9 Å². The highest BCUT2D eigenvalue weighted by atomic mass is 16.5. The van der Waals surface area contributed by atoms with Crippen LogP contribution in [0.2, 0.25) is 0 Å². The highest BCUT2D eigenvalue weighted by Crippen LogP contribution is 2.26. The molecular weight excluding hydrogens is 252 g/mol. The molecule has 1 heterocycles. The molecule has 1 N–H and O–H groups in total. The Morgan fingerprint density at radius 2 is 2.25 bits per heavy atom. The Morgan fingerprint density at radius 1 is 1.45 bits per heavy atom. The number of para-hydroxylation sites is 1. The summed E-state index contributed by atoms with van der Waals surface area (Å²) < 4.78 is 11.4. The molecule has 1 aromatic carbocycles. The minimum Gasteiger partial charge on any atom is -0.494 e. The van der Waals surface area contributed by atoms with Crippen LogP contribution in [0.15, 0.2) is 24.3 Å². The van der Waals surface area contributed by atoms with Gasteiger partial charge in [-0.1, -0.05) is 18.2 Å². The Morgan fingerprint density at radius 3 is 2.95 bits per heavy atom. The fourth-order valence-corrected chi connectivity index (χ4v) is 2.72. The number of hydrogen-bond donors (Lipinski definition) is 1. The molecule has 0 amide bonds. The first-order valence-electron chi connectivity index (χ1n) is 7.47. The van der Waals surface area contributed by atoms with Gasteiger partial charge in [-0.3, -0.25) is 4.90 Å². The highest BCUT2D eigenvalue weighted by molar-refractivity contribution is 5.36. The predicted molar refractivity (Wildman–Crippen MR) is 81.3 cm³/mol. The molecule has 1 aliphatic rings. The fraction of sp³-hybridized carbons (Fsp3) is 0.625. The van der Waals surface area contributed by atoms with E-state index >= 15 is 0 Å². The lowest BCUT2D eigenvalue weighted by Gasteiger charge is -2.34. The molecule has 4 heteroatoms. The van der Waals surface area contributed by atoms with E-state index in [2.05, 4.69) is 29.3 Å². The fourth-order valence-electron chi connectivity index (χ4n) is 2.72. The van der Waals surface area contributed by atoms with Crippen molar-refractivity contribution in [1.29, 1.82) is 0 Å². The molecule has 0 radical (unpaired) electrons. The van der Waals surface area contributed by atoms with Gasteiger partial charge < -0.3 is 14.8 Å². The van der Waals surface area contributed by atoms with Crippen LogP contribution >= 0.6 is 0 Å². The number of nitrogens with zero attached hydrogens (tertiary/aromatic N) is 1. The van der Waals surface area contributed by atoms with E-state index in [9.17, 15) is 0 Å². The summed E-state index contributed by atoms with van der Waals surface area (Å²) in [6.45, 7) is 8.65. The van der Waals surface area contributed by atoms with Crippen LogP contribution in [0.3, 0.4) is 0 Å². The number of rotatable bonds is 6. The molecule has 1 aromatic rings. The lowest BCUT2D eigenvalue weighted by Crippen LogP contribution is -2.44. The highest BCUT2D eigenvalue weighted by Gasteiger charge is 2.22. The van der Waals surface area contributed by atoms with Gasteiger partial charge in [0.15, 0.2) is 0 Å². The van der Waals surface area contributed by atoms with Crippen LogP contribution in [0.25, 0.3) is 0 Å². The normalized spacial score (nSPS) is 21.6. The van der Waals surface area contributed by atoms with Gasteiger partial charge in [0.25, 0.3) is 0 Å². The van der Waals surface area contributed by atoms with E-state index in [4.69, 9.17) is 9.47 Å². The molecule has 1 aliphatic heterocycles. The van der Waals surface area contributed by atoms with Crippen LogP contribution in [0.5, 0.6) is 5.75 Å². The first-order valence-corrected chi connectivity index (χ1v) is 7.47. The average Bonchev–Trinajstić information content (AvgIpc) is 2.46. The summed E-state index contributed by atoms with van der Waals surface area (Å²) in [5, 5.41) is 3.42. The number of ether oxygens (including phenoxy) is 2. The molecule has 1 fully saturated rings. The molecular formula is C16H26N2O2. The van der Waals surface area contributed by atoms with Crippen molar-refractivity contribution in [3.63, 3.8) is 0 Å². The van der Waals surface area contributed by atoms with Gasteiger partial charge in [-0.05, 0) is 27.0 Å². The van der Waals surface area contributed by atoms with E-state index < -0.39 is 0 Å². The first-order chi connectivity index (χ1) is 9.74. The van der Waals surface area contributed by atoms with E-state index in [1.54, 1.807) is 0 Å². The summed E-state index contributed by atoms with van der Waals surface area (Å²) >= 11 is 0. The van der Waals surface area contributed by atoms with E-state index in [0.717, 1.165) is 32.0 Å². The topological polar surface area (TPSA) is 33.7 Å². The van der Waals surface area contributed by atoms with Crippen molar-refractivity contribution in [2.24, 2.45) is 0 Å². The van der Waals surface area contributed by atoms with Gasteiger partial charge in [0, 0.05) is 31.2 Å². The second-order valence-electron chi connectivity index (χ2n) is 5.25. The molecule has 2 unspecified atom stereocenters. The largest absolute Gasteiger partial charge is 0.494 e. The van der Waals surface area contributed by atoms with Crippen molar-refractivity contribution in [3.05, 3.63) is 29.8 Å². The Balaban J connectivity index is 2.07. The van der Waals surface area contributed by atoms with Gasteiger partial charge >= 0.3 is 0 Å². The van der Waals surface area contributed by atoms with Crippen molar-refractivity contribution < 1.29 is 9.47 Å². The van der Waals surface area contributed by atoms with Crippen molar-refractivity contribution in [1.82, 2.24) is 10.2 Å². The average molecular weight is 278 g/mol. The second kappa shape index (κ2) is 7.62. The lowest BCUT2D eigenvalue weighted by atomic mass is 10.0. The number of benzene rings is 1. The molecule has 0 aromatic heterocycles. The van der Waals surface area contributed by atoms with Crippen molar-refractivity contribution >= 4 is 0 Å². The zero-order valence-electron chi connectivity index (χ0n) is 12.8. The summed E-state index contributed by atoms with van der Waals surface area (Å²) in [6.07, 6.45) is 0.323. The number of morpholine rings is 1. The minimum absolute atomic E-state index is 0.281.